The molecule has 0 spiro atoms. The third-order valence-electron chi connectivity index (χ3n) is 4.32. The molecule has 0 saturated heterocycles. The lowest BCUT2D eigenvalue weighted by molar-refractivity contribution is 0.0895. The Balaban J connectivity index is 2.48. The van der Waals surface area contributed by atoms with Crippen molar-refractivity contribution >= 4 is 5.71 Å². The van der Waals surface area contributed by atoms with Crippen molar-refractivity contribution in [1.29, 1.82) is 5.41 Å². The molecule has 1 nitrogen and oxygen atoms in total. The molecule has 1 unspecified atom stereocenters. The summed E-state index contributed by atoms with van der Waals surface area (Å²) in [4.78, 5) is 0. The van der Waals surface area contributed by atoms with Crippen LogP contribution in [-0.2, 0) is 0 Å². The van der Waals surface area contributed by atoms with Gasteiger partial charge in [0.25, 0.3) is 0 Å². The lowest BCUT2D eigenvalue weighted by Gasteiger charge is -2.42. The second kappa shape index (κ2) is 5.84. The number of nitrogens with one attached hydrogen (secondary N) is 1. The van der Waals surface area contributed by atoms with E-state index in [9.17, 15) is 0 Å². The zero-order valence-corrected chi connectivity index (χ0v) is 11.6. The van der Waals surface area contributed by atoms with Gasteiger partial charge in [-0.15, -0.1) is 0 Å². The molecule has 0 aromatic heterocycles. The highest BCUT2D eigenvalue weighted by Crippen LogP contribution is 2.46. The zero-order valence-electron chi connectivity index (χ0n) is 11.6. The Bertz CT molecular complexity index is 226. The van der Waals surface area contributed by atoms with Gasteiger partial charge in [-0.1, -0.05) is 40.0 Å². The fourth-order valence-electron chi connectivity index (χ4n) is 3.22. The molecule has 1 saturated carbocycles. The highest BCUT2D eigenvalue weighted by atomic mass is 14.4. The Kier molecular flexibility index (Phi) is 5.01. The molecule has 0 aromatic rings. The van der Waals surface area contributed by atoms with E-state index in [1.54, 1.807) is 0 Å². The highest BCUT2D eigenvalue weighted by Gasteiger charge is 2.35. The second-order valence-corrected chi connectivity index (χ2v) is 6.46. The summed E-state index contributed by atoms with van der Waals surface area (Å²) in [6, 6.07) is 0. The SMILES string of the molecule is CCCC(CC(C)=N)CC(C)(C)C1CCC1. The smallest absolute Gasteiger partial charge is 0.00609 e. The van der Waals surface area contributed by atoms with Gasteiger partial charge in [0.15, 0.2) is 0 Å². The first-order chi connectivity index (χ1) is 7.45. The molecule has 1 rings (SSSR count). The van der Waals surface area contributed by atoms with Gasteiger partial charge in [-0.2, -0.15) is 0 Å². The van der Waals surface area contributed by atoms with Crippen molar-refractivity contribution < 1.29 is 0 Å². The molecule has 94 valence electrons. The van der Waals surface area contributed by atoms with Crippen molar-refractivity contribution in [3.8, 4) is 0 Å². The van der Waals surface area contributed by atoms with E-state index < -0.39 is 0 Å². The predicted octanol–water partition coefficient (Wildman–Crippen LogP) is 5.05. The van der Waals surface area contributed by atoms with Crippen LogP contribution < -0.4 is 0 Å². The monoisotopic (exact) mass is 223 g/mol. The Morgan fingerprint density at radius 3 is 2.38 bits per heavy atom. The summed E-state index contributed by atoms with van der Waals surface area (Å²) in [5.74, 6) is 1.70. The summed E-state index contributed by atoms with van der Waals surface area (Å²) in [6.07, 6.45) is 9.22. The van der Waals surface area contributed by atoms with Crippen molar-refractivity contribution in [3.05, 3.63) is 0 Å². The molecule has 1 aliphatic rings. The van der Waals surface area contributed by atoms with Crippen LogP contribution in [0.5, 0.6) is 0 Å². The largest absolute Gasteiger partial charge is 0.310 e. The van der Waals surface area contributed by atoms with Gasteiger partial charge < -0.3 is 5.41 Å². The van der Waals surface area contributed by atoms with Crippen LogP contribution in [0.25, 0.3) is 0 Å². The van der Waals surface area contributed by atoms with Gasteiger partial charge in [-0.05, 0) is 49.9 Å². The molecule has 0 heterocycles. The standard InChI is InChI=1S/C15H29N/c1-5-7-13(10-12(2)16)11-15(3,4)14-8-6-9-14/h13-14,16H,5-11H2,1-4H3. The van der Waals surface area contributed by atoms with Crippen molar-refractivity contribution in [2.75, 3.05) is 0 Å². The van der Waals surface area contributed by atoms with Crippen molar-refractivity contribution in [2.45, 2.75) is 72.6 Å². The van der Waals surface area contributed by atoms with Crippen LogP contribution in [0, 0.1) is 22.7 Å². The lowest BCUT2D eigenvalue weighted by Crippen LogP contribution is -2.32. The Morgan fingerprint density at radius 1 is 1.38 bits per heavy atom. The third kappa shape index (κ3) is 3.92. The van der Waals surface area contributed by atoms with E-state index in [1.807, 2.05) is 6.92 Å². The molecule has 0 amide bonds. The number of rotatable bonds is 7. The maximum absolute atomic E-state index is 7.68. The van der Waals surface area contributed by atoms with Gasteiger partial charge in [-0.25, -0.2) is 0 Å². The number of hydrogen-bond acceptors (Lipinski definition) is 1. The first-order valence-corrected chi connectivity index (χ1v) is 6.99. The minimum Gasteiger partial charge on any atom is -0.310 e. The van der Waals surface area contributed by atoms with Gasteiger partial charge in [0, 0.05) is 5.71 Å². The van der Waals surface area contributed by atoms with Crippen LogP contribution >= 0.6 is 0 Å². The molecule has 0 bridgehead atoms. The Hall–Kier alpha value is -0.330. The molecule has 0 radical (unpaired) electrons. The minimum absolute atomic E-state index is 0.507. The van der Waals surface area contributed by atoms with Crippen molar-refractivity contribution in [1.82, 2.24) is 0 Å². The Morgan fingerprint density at radius 2 is 2.00 bits per heavy atom. The van der Waals surface area contributed by atoms with Crippen LogP contribution in [-0.4, -0.2) is 5.71 Å². The molecular formula is C15H29N. The van der Waals surface area contributed by atoms with E-state index in [4.69, 9.17) is 5.41 Å². The quantitative estimate of drug-likeness (QED) is 0.584. The van der Waals surface area contributed by atoms with Gasteiger partial charge in [0.1, 0.15) is 0 Å². The van der Waals surface area contributed by atoms with Crippen LogP contribution in [0.2, 0.25) is 0 Å². The summed E-state index contributed by atoms with van der Waals surface area (Å²) in [5, 5.41) is 7.68. The summed E-state index contributed by atoms with van der Waals surface area (Å²) in [7, 11) is 0. The van der Waals surface area contributed by atoms with E-state index in [0.29, 0.717) is 5.41 Å². The molecule has 16 heavy (non-hydrogen) atoms. The van der Waals surface area contributed by atoms with Crippen LogP contribution in [0.1, 0.15) is 72.6 Å². The zero-order chi connectivity index (χ0) is 12.2. The third-order valence-corrected chi connectivity index (χ3v) is 4.32. The first kappa shape index (κ1) is 13.7. The summed E-state index contributed by atoms with van der Waals surface area (Å²) in [6.45, 7) is 9.11. The van der Waals surface area contributed by atoms with E-state index in [1.165, 1.54) is 38.5 Å². The van der Waals surface area contributed by atoms with Gasteiger partial charge in [0.2, 0.25) is 0 Å². The normalized spacial score (nSPS) is 19.2. The average molecular weight is 223 g/mol. The topological polar surface area (TPSA) is 23.9 Å². The lowest BCUT2D eigenvalue weighted by atomic mass is 9.63. The van der Waals surface area contributed by atoms with Crippen LogP contribution in [0.15, 0.2) is 0 Å². The second-order valence-electron chi connectivity index (χ2n) is 6.46. The molecule has 1 aliphatic carbocycles. The predicted molar refractivity (Wildman–Crippen MR) is 72.2 cm³/mol. The van der Waals surface area contributed by atoms with Crippen molar-refractivity contribution in [2.24, 2.45) is 17.3 Å². The van der Waals surface area contributed by atoms with Crippen molar-refractivity contribution in [3.63, 3.8) is 0 Å². The van der Waals surface area contributed by atoms with Gasteiger partial charge in [0.05, 0.1) is 0 Å². The fraction of sp³-hybridized carbons (Fsp3) is 0.933. The van der Waals surface area contributed by atoms with E-state index in [-0.39, 0.29) is 0 Å². The molecule has 1 N–H and O–H groups in total. The molecule has 1 heteroatoms. The molecule has 1 atom stereocenters. The van der Waals surface area contributed by atoms with E-state index in [0.717, 1.165) is 24.0 Å². The van der Waals surface area contributed by atoms with Crippen LogP contribution in [0.3, 0.4) is 0 Å². The summed E-state index contributed by atoms with van der Waals surface area (Å²) < 4.78 is 0. The molecule has 0 aliphatic heterocycles. The maximum Gasteiger partial charge on any atom is 0.00609 e. The molecule has 1 fully saturated rings. The van der Waals surface area contributed by atoms with Gasteiger partial charge >= 0.3 is 0 Å². The average Bonchev–Trinajstić information content (AvgIpc) is 1.96. The van der Waals surface area contributed by atoms with E-state index in [2.05, 4.69) is 20.8 Å². The molecule has 0 aromatic carbocycles. The Labute approximate surface area is 102 Å². The van der Waals surface area contributed by atoms with Gasteiger partial charge in [-0.3, -0.25) is 0 Å². The summed E-state index contributed by atoms with van der Waals surface area (Å²) >= 11 is 0. The highest BCUT2D eigenvalue weighted by molar-refractivity contribution is 5.78. The molecular weight excluding hydrogens is 194 g/mol. The minimum atomic E-state index is 0.507. The first-order valence-electron chi connectivity index (χ1n) is 6.99. The van der Waals surface area contributed by atoms with Crippen LogP contribution in [0.4, 0.5) is 0 Å². The van der Waals surface area contributed by atoms with E-state index >= 15 is 0 Å². The number of hydrogen-bond donors (Lipinski definition) is 1. The maximum atomic E-state index is 7.68. The summed E-state index contributed by atoms with van der Waals surface area (Å²) in [5.41, 5.74) is 1.37. The fourth-order valence-corrected chi connectivity index (χ4v) is 3.22.